The molecule has 0 heterocycles. The fourth-order valence-electron chi connectivity index (χ4n) is 1.66. The lowest BCUT2D eigenvalue weighted by molar-refractivity contribution is 0.835. The van der Waals surface area contributed by atoms with Crippen molar-refractivity contribution in [2.24, 2.45) is 0 Å². The lowest BCUT2D eigenvalue weighted by atomic mass is 10.1. The lowest BCUT2D eigenvalue weighted by Gasteiger charge is -2.01. The minimum absolute atomic E-state index is 0.966. The quantitative estimate of drug-likeness (QED) is 0.765. The van der Waals surface area contributed by atoms with E-state index in [1.807, 2.05) is 30.5 Å². The first-order valence-electron chi connectivity index (χ1n) is 5.94. The van der Waals surface area contributed by atoms with Gasteiger partial charge in [-0.3, -0.25) is 0 Å². The van der Waals surface area contributed by atoms with Crippen LogP contribution in [-0.4, -0.2) is 6.54 Å². The Labute approximate surface area is 103 Å². The van der Waals surface area contributed by atoms with Crippen LogP contribution in [0.15, 0.2) is 66.9 Å². The highest BCUT2D eigenvalue weighted by Crippen LogP contribution is 2.00. The van der Waals surface area contributed by atoms with Crippen LogP contribution >= 0.6 is 0 Å². The monoisotopic (exact) mass is 223 g/mol. The van der Waals surface area contributed by atoms with Gasteiger partial charge in [0.05, 0.1) is 0 Å². The van der Waals surface area contributed by atoms with Crippen molar-refractivity contribution in [1.29, 1.82) is 0 Å². The Morgan fingerprint density at radius 2 is 1.47 bits per heavy atom. The molecule has 0 aliphatic heterocycles. The van der Waals surface area contributed by atoms with Gasteiger partial charge in [-0.05, 0) is 29.8 Å². The molecule has 1 nitrogen and oxygen atoms in total. The minimum Gasteiger partial charge on any atom is -0.391 e. The van der Waals surface area contributed by atoms with Crippen LogP contribution in [0.4, 0.5) is 0 Å². The Morgan fingerprint density at radius 3 is 2.18 bits per heavy atom. The van der Waals surface area contributed by atoms with Gasteiger partial charge in [0.1, 0.15) is 0 Å². The van der Waals surface area contributed by atoms with E-state index < -0.39 is 0 Å². The van der Waals surface area contributed by atoms with E-state index in [4.69, 9.17) is 0 Å². The highest BCUT2D eigenvalue weighted by Gasteiger charge is 1.88. The third-order valence-electron chi connectivity index (χ3n) is 2.59. The van der Waals surface area contributed by atoms with Crippen LogP contribution in [0.2, 0.25) is 0 Å². The number of hydrogen-bond donors (Lipinski definition) is 1. The van der Waals surface area contributed by atoms with Crippen molar-refractivity contribution in [2.45, 2.75) is 6.42 Å². The van der Waals surface area contributed by atoms with Crippen molar-refractivity contribution in [3.05, 3.63) is 78.0 Å². The van der Waals surface area contributed by atoms with Crippen LogP contribution in [0.3, 0.4) is 0 Å². The van der Waals surface area contributed by atoms with Gasteiger partial charge >= 0.3 is 0 Å². The van der Waals surface area contributed by atoms with E-state index in [0.29, 0.717) is 0 Å². The first kappa shape index (κ1) is 11.5. The first-order chi connectivity index (χ1) is 8.45. The van der Waals surface area contributed by atoms with E-state index in [2.05, 4.69) is 47.8 Å². The number of benzene rings is 2. The zero-order valence-corrected chi connectivity index (χ0v) is 9.84. The maximum atomic E-state index is 3.30. The summed E-state index contributed by atoms with van der Waals surface area (Å²) in [4.78, 5) is 0. The summed E-state index contributed by atoms with van der Waals surface area (Å²) in [6.07, 6.45) is 5.16. The summed E-state index contributed by atoms with van der Waals surface area (Å²) < 4.78 is 0. The lowest BCUT2D eigenvalue weighted by Crippen LogP contribution is -2.09. The van der Waals surface area contributed by atoms with Gasteiger partial charge in [0, 0.05) is 6.54 Å². The Bertz CT molecular complexity index is 445. The van der Waals surface area contributed by atoms with E-state index in [9.17, 15) is 0 Å². The Morgan fingerprint density at radius 1 is 0.824 bits per heavy atom. The van der Waals surface area contributed by atoms with Gasteiger partial charge in [-0.15, -0.1) is 0 Å². The standard InChI is InChI=1S/C16H17N/c1-3-7-15(8-4-1)11-13-17-14-12-16-9-5-2-6-10-16/h1-11,13,17H,12,14H2/b13-11+. The Balaban J connectivity index is 1.72. The molecule has 1 N–H and O–H groups in total. The average Bonchev–Trinajstić information content (AvgIpc) is 2.41. The molecule has 0 spiro atoms. The molecule has 0 amide bonds. The summed E-state index contributed by atoms with van der Waals surface area (Å²) >= 11 is 0. The smallest absolute Gasteiger partial charge is 0.0181 e. The average molecular weight is 223 g/mol. The van der Waals surface area contributed by atoms with Gasteiger partial charge in [0.2, 0.25) is 0 Å². The van der Waals surface area contributed by atoms with Gasteiger partial charge in [0.15, 0.2) is 0 Å². The predicted octanol–water partition coefficient (Wildman–Crippen LogP) is 3.49. The molecular formula is C16H17N. The topological polar surface area (TPSA) is 12.0 Å². The summed E-state index contributed by atoms with van der Waals surface area (Å²) in [5.41, 5.74) is 2.59. The fraction of sp³-hybridized carbons (Fsp3) is 0.125. The number of nitrogens with one attached hydrogen (secondary N) is 1. The molecule has 0 bridgehead atoms. The van der Waals surface area contributed by atoms with Crippen molar-refractivity contribution in [3.63, 3.8) is 0 Å². The van der Waals surface area contributed by atoms with Gasteiger partial charge < -0.3 is 5.32 Å². The molecule has 2 rings (SSSR count). The van der Waals surface area contributed by atoms with Crippen molar-refractivity contribution < 1.29 is 0 Å². The molecule has 0 aliphatic rings. The molecule has 2 aromatic carbocycles. The van der Waals surface area contributed by atoms with E-state index in [0.717, 1.165) is 13.0 Å². The summed E-state index contributed by atoms with van der Waals surface area (Å²) in [5.74, 6) is 0. The van der Waals surface area contributed by atoms with E-state index in [1.165, 1.54) is 11.1 Å². The number of rotatable bonds is 5. The predicted molar refractivity (Wildman–Crippen MR) is 73.6 cm³/mol. The SMILES string of the molecule is C(=C\c1ccccc1)/NCCc1ccccc1. The summed E-state index contributed by atoms with van der Waals surface area (Å²) in [7, 11) is 0. The highest BCUT2D eigenvalue weighted by atomic mass is 14.8. The second-order valence-corrected chi connectivity index (χ2v) is 3.93. The molecule has 0 fully saturated rings. The second-order valence-electron chi connectivity index (χ2n) is 3.93. The maximum absolute atomic E-state index is 3.30. The van der Waals surface area contributed by atoms with E-state index >= 15 is 0 Å². The first-order valence-corrected chi connectivity index (χ1v) is 5.94. The Hall–Kier alpha value is -2.02. The van der Waals surface area contributed by atoms with Crippen molar-refractivity contribution in [3.8, 4) is 0 Å². The molecule has 0 radical (unpaired) electrons. The molecule has 2 aromatic rings. The zero-order valence-electron chi connectivity index (χ0n) is 9.84. The van der Waals surface area contributed by atoms with Crippen molar-refractivity contribution in [2.75, 3.05) is 6.54 Å². The second kappa shape index (κ2) is 6.54. The van der Waals surface area contributed by atoms with Gasteiger partial charge in [0.25, 0.3) is 0 Å². The molecule has 17 heavy (non-hydrogen) atoms. The zero-order chi connectivity index (χ0) is 11.8. The third kappa shape index (κ3) is 4.15. The largest absolute Gasteiger partial charge is 0.391 e. The van der Waals surface area contributed by atoms with Crippen molar-refractivity contribution >= 4 is 6.08 Å². The normalized spacial score (nSPS) is 10.6. The van der Waals surface area contributed by atoms with Gasteiger partial charge in [-0.1, -0.05) is 60.7 Å². The van der Waals surface area contributed by atoms with Crippen LogP contribution in [0, 0.1) is 0 Å². The maximum Gasteiger partial charge on any atom is 0.0181 e. The molecule has 0 unspecified atom stereocenters. The third-order valence-corrected chi connectivity index (χ3v) is 2.59. The molecule has 0 atom stereocenters. The molecular weight excluding hydrogens is 206 g/mol. The van der Waals surface area contributed by atoms with E-state index in [-0.39, 0.29) is 0 Å². The molecule has 0 saturated carbocycles. The van der Waals surface area contributed by atoms with Crippen LogP contribution in [0.5, 0.6) is 0 Å². The molecule has 0 aromatic heterocycles. The van der Waals surface area contributed by atoms with Crippen LogP contribution < -0.4 is 5.32 Å². The summed E-state index contributed by atoms with van der Waals surface area (Å²) in [6.45, 7) is 0.966. The van der Waals surface area contributed by atoms with Gasteiger partial charge in [-0.25, -0.2) is 0 Å². The Kier molecular flexibility index (Phi) is 4.41. The fourth-order valence-corrected chi connectivity index (χ4v) is 1.66. The van der Waals surface area contributed by atoms with Crippen molar-refractivity contribution in [1.82, 2.24) is 5.32 Å². The van der Waals surface area contributed by atoms with Crippen LogP contribution in [-0.2, 0) is 6.42 Å². The minimum atomic E-state index is 0.966. The van der Waals surface area contributed by atoms with Crippen LogP contribution in [0.25, 0.3) is 6.08 Å². The number of hydrogen-bond acceptors (Lipinski definition) is 1. The van der Waals surface area contributed by atoms with Crippen LogP contribution in [0.1, 0.15) is 11.1 Å². The highest BCUT2D eigenvalue weighted by molar-refractivity contribution is 5.48. The molecule has 86 valence electrons. The van der Waals surface area contributed by atoms with Gasteiger partial charge in [-0.2, -0.15) is 0 Å². The summed E-state index contributed by atoms with van der Waals surface area (Å²) in [6, 6.07) is 20.8. The molecule has 1 heteroatoms. The molecule has 0 saturated heterocycles. The van der Waals surface area contributed by atoms with E-state index in [1.54, 1.807) is 0 Å². The summed E-state index contributed by atoms with van der Waals surface area (Å²) in [5, 5.41) is 3.30. The molecule has 0 aliphatic carbocycles.